The number of benzene rings is 1. The Hall–Kier alpha value is -2.26. The van der Waals surface area contributed by atoms with Crippen molar-refractivity contribution in [3.63, 3.8) is 0 Å². The van der Waals surface area contributed by atoms with Crippen LogP contribution < -0.4 is 10.1 Å². The van der Waals surface area contributed by atoms with Crippen molar-refractivity contribution in [1.29, 1.82) is 0 Å². The van der Waals surface area contributed by atoms with Gasteiger partial charge in [-0.2, -0.15) is 0 Å². The van der Waals surface area contributed by atoms with Crippen LogP contribution in [0.4, 0.5) is 4.79 Å². The molecule has 102 valence electrons. The average Bonchev–Trinajstić information content (AvgIpc) is 2.48. The number of nitrogens with zero attached hydrogens (tertiary/aromatic N) is 1. The SMILES string of the molecule is O=Cc1cncc(-c2cccc(OC(=O)NCP)c2)c1. The summed E-state index contributed by atoms with van der Waals surface area (Å²) in [5.74, 6) is 0.426. The highest BCUT2D eigenvalue weighted by molar-refractivity contribution is 7.16. The van der Waals surface area contributed by atoms with Gasteiger partial charge in [-0.05, 0) is 23.8 Å². The molecule has 0 saturated carbocycles. The summed E-state index contributed by atoms with van der Waals surface area (Å²) >= 11 is 0. The molecule has 0 radical (unpaired) electrons. The van der Waals surface area contributed by atoms with E-state index in [1.165, 1.54) is 6.20 Å². The van der Waals surface area contributed by atoms with Crippen molar-refractivity contribution >= 4 is 21.6 Å². The number of carbonyl (C=O) groups excluding carboxylic acids is 2. The van der Waals surface area contributed by atoms with Gasteiger partial charge in [0.2, 0.25) is 0 Å². The van der Waals surface area contributed by atoms with Gasteiger partial charge in [0.1, 0.15) is 5.75 Å². The van der Waals surface area contributed by atoms with E-state index in [0.717, 1.165) is 17.4 Å². The Morgan fingerprint density at radius 3 is 2.90 bits per heavy atom. The van der Waals surface area contributed by atoms with Gasteiger partial charge in [-0.25, -0.2) is 4.79 Å². The zero-order valence-corrected chi connectivity index (χ0v) is 11.7. The molecule has 1 N–H and O–H groups in total. The Bertz CT molecular complexity index is 631. The molecule has 6 heteroatoms. The van der Waals surface area contributed by atoms with Gasteiger partial charge >= 0.3 is 6.09 Å². The maximum absolute atomic E-state index is 11.4. The van der Waals surface area contributed by atoms with E-state index in [9.17, 15) is 9.59 Å². The molecule has 2 rings (SSSR count). The number of ether oxygens (including phenoxy) is 1. The van der Waals surface area contributed by atoms with E-state index >= 15 is 0 Å². The number of pyridine rings is 1. The fourth-order valence-corrected chi connectivity index (χ4v) is 1.81. The second-order valence-corrected chi connectivity index (χ2v) is 4.33. The molecule has 0 aliphatic heterocycles. The van der Waals surface area contributed by atoms with Gasteiger partial charge in [0.05, 0.1) is 0 Å². The molecule has 0 aliphatic rings. The first-order valence-corrected chi connectivity index (χ1v) is 6.71. The van der Waals surface area contributed by atoms with Crippen LogP contribution in [0.15, 0.2) is 42.7 Å². The second kappa shape index (κ2) is 6.78. The molecular weight excluding hydrogens is 275 g/mol. The summed E-state index contributed by atoms with van der Waals surface area (Å²) in [6.45, 7) is 0. The van der Waals surface area contributed by atoms with Crippen molar-refractivity contribution in [3.8, 4) is 16.9 Å². The van der Waals surface area contributed by atoms with Crippen molar-refractivity contribution in [2.75, 3.05) is 6.29 Å². The number of aromatic nitrogens is 1. The highest BCUT2D eigenvalue weighted by Gasteiger charge is 2.05. The molecule has 1 aromatic carbocycles. The van der Waals surface area contributed by atoms with Crippen molar-refractivity contribution in [2.24, 2.45) is 0 Å². The standard InChI is InChI=1S/C14H13N2O3P/c17-8-10-4-12(7-15-6-10)11-2-1-3-13(5-11)19-14(18)16-9-20/h1-8H,9,20H2,(H,16,18). The maximum Gasteiger partial charge on any atom is 0.412 e. The molecule has 1 amide bonds. The Morgan fingerprint density at radius 1 is 1.30 bits per heavy atom. The first-order valence-electron chi connectivity index (χ1n) is 5.89. The molecule has 0 aliphatic carbocycles. The summed E-state index contributed by atoms with van der Waals surface area (Å²) in [5.41, 5.74) is 2.10. The van der Waals surface area contributed by atoms with Crippen LogP contribution >= 0.6 is 9.24 Å². The molecule has 5 nitrogen and oxygen atoms in total. The van der Waals surface area contributed by atoms with Crippen molar-refractivity contribution < 1.29 is 14.3 Å². The molecule has 0 bridgehead atoms. The Balaban J connectivity index is 2.24. The Morgan fingerprint density at radius 2 is 2.15 bits per heavy atom. The third kappa shape index (κ3) is 3.62. The quantitative estimate of drug-likeness (QED) is 0.693. The van der Waals surface area contributed by atoms with Crippen LogP contribution in [0.2, 0.25) is 0 Å². The molecule has 0 saturated heterocycles. The van der Waals surface area contributed by atoms with E-state index in [1.807, 2.05) is 6.07 Å². The number of hydrogen-bond donors (Lipinski definition) is 1. The number of aldehydes is 1. The summed E-state index contributed by atoms with van der Waals surface area (Å²) < 4.78 is 5.12. The second-order valence-electron chi connectivity index (χ2n) is 3.92. The van der Waals surface area contributed by atoms with Gasteiger partial charge in [-0.1, -0.05) is 12.1 Å². The van der Waals surface area contributed by atoms with Gasteiger partial charge in [-0.15, -0.1) is 9.24 Å². The van der Waals surface area contributed by atoms with E-state index < -0.39 is 6.09 Å². The lowest BCUT2D eigenvalue weighted by Gasteiger charge is -2.07. The van der Waals surface area contributed by atoms with Crippen LogP contribution in [0.5, 0.6) is 5.75 Å². The van der Waals surface area contributed by atoms with Gasteiger partial charge < -0.3 is 10.1 Å². The molecule has 1 unspecified atom stereocenters. The zero-order chi connectivity index (χ0) is 14.4. The van der Waals surface area contributed by atoms with Crippen molar-refractivity contribution in [2.45, 2.75) is 0 Å². The number of amides is 1. The van der Waals surface area contributed by atoms with Gasteiger partial charge in [-0.3, -0.25) is 9.78 Å². The third-order valence-electron chi connectivity index (χ3n) is 2.52. The van der Waals surface area contributed by atoms with E-state index in [-0.39, 0.29) is 0 Å². The van der Waals surface area contributed by atoms with E-state index in [2.05, 4.69) is 19.5 Å². The zero-order valence-electron chi connectivity index (χ0n) is 10.6. The van der Waals surface area contributed by atoms with Gasteiger partial charge in [0, 0.05) is 29.8 Å². The summed E-state index contributed by atoms with van der Waals surface area (Å²) in [6.07, 6.45) is 3.78. The molecule has 0 spiro atoms. The van der Waals surface area contributed by atoms with Crippen LogP contribution in [0.1, 0.15) is 10.4 Å². The molecule has 1 aromatic heterocycles. The van der Waals surface area contributed by atoms with E-state index in [1.54, 1.807) is 30.5 Å². The lowest BCUT2D eigenvalue weighted by molar-refractivity contribution is 0.112. The highest BCUT2D eigenvalue weighted by atomic mass is 31.0. The number of hydrogen-bond acceptors (Lipinski definition) is 4. The van der Waals surface area contributed by atoms with Gasteiger partial charge in [0.25, 0.3) is 0 Å². The Kier molecular flexibility index (Phi) is 4.80. The van der Waals surface area contributed by atoms with Crippen LogP contribution in [-0.2, 0) is 0 Å². The Labute approximate surface area is 118 Å². The summed E-state index contributed by atoms with van der Waals surface area (Å²) in [4.78, 5) is 26.1. The minimum absolute atomic E-state index is 0.420. The van der Waals surface area contributed by atoms with Gasteiger partial charge in [0.15, 0.2) is 6.29 Å². The minimum atomic E-state index is -0.517. The van der Waals surface area contributed by atoms with E-state index in [0.29, 0.717) is 17.6 Å². The predicted octanol–water partition coefficient (Wildman–Crippen LogP) is 2.48. The summed E-state index contributed by atoms with van der Waals surface area (Å²) in [5, 5.41) is 2.51. The maximum atomic E-state index is 11.4. The van der Waals surface area contributed by atoms with E-state index in [4.69, 9.17) is 4.74 Å². The molecule has 20 heavy (non-hydrogen) atoms. The van der Waals surface area contributed by atoms with Crippen LogP contribution in [0.3, 0.4) is 0 Å². The molecule has 1 heterocycles. The number of rotatable bonds is 4. The normalized spacial score (nSPS) is 9.85. The lowest BCUT2D eigenvalue weighted by atomic mass is 10.1. The largest absolute Gasteiger partial charge is 0.412 e. The number of nitrogens with one attached hydrogen (secondary N) is 1. The monoisotopic (exact) mass is 288 g/mol. The first-order chi connectivity index (χ1) is 9.72. The third-order valence-corrected chi connectivity index (χ3v) is 2.72. The minimum Gasteiger partial charge on any atom is -0.410 e. The topological polar surface area (TPSA) is 68.3 Å². The van der Waals surface area contributed by atoms with Crippen LogP contribution in [-0.4, -0.2) is 23.6 Å². The summed E-state index contributed by atoms with van der Waals surface area (Å²) in [7, 11) is 2.38. The van der Waals surface area contributed by atoms with Crippen molar-refractivity contribution in [3.05, 3.63) is 48.3 Å². The highest BCUT2D eigenvalue weighted by Crippen LogP contribution is 2.23. The molecule has 1 atom stereocenters. The average molecular weight is 288 g/mol. The molecule has 0 fully saturated rings. The first kappa shape index (κ1) is 14.2. The van der Waals surface area contributed by atoms with Crippen molar-refractivity contribution in [1.82, 2.24) is 10.3 Å². The lowest BCUT2D eigenvalue weighted by Crippen LogP contribution is -2.25. The fourth-order valence-electron chi connectivity index (χ4n) is 1.65. The van der Waals surface area contributed by atoms with Crippen LogP contribution in [0, 0.1) is 0 Å². The predicted molar refractivity (Wildman–Crippen MR) is 78.8 cm³/mol. The summed E-state index contributed by atoms with van der Waals surface area (Å²) in [6, 6.07) is 8.75. The number of carbonyl (C=O) groups is 2. The van der Waals surface area contributed by atoms with Crippen LogP contribution in [0.25, 0.3) is 11.1 Å². The fraction of sp³-hybridized carbons (Fsp3) is 0.0714. The smallest absolute Gasteiger partial charge is 0.410 e. The molecular formula is C14H13N2O3P. The molecule has 2 aromatic rings.